The van der Waals surface area contributed by atoms with Gasteiger partial charge in [0.05, 0.1) is 41.5 Å². The van der Waals surface area contributed by atoms with Crippen LogP contribution in [0.1, 0.15) is 13.3 Å². The van der Waals surface area contributed by atoms with E-state index in [9.17, 15) is 5.11 Å². The summed E-state index contributed by atoms with van der Waals surface area (Å²) in [5.74, 6) is 0.609. The average Bonchev–Trinajstić information content (AvgIpc) is 3.62. The largest absolute Gasteiger partial charge is 0.472 e. The van der Waals surface area contributed by atoms with Crippen molar-refractivity contribution in [3.8, 4) is 33.8 Å². The fraction of sp³-hybridized carbons (Fsp3) is 0.125. The van der Waals surface area contributed by atoms with Crippen LogP contribution in [0.15, 0.2) is 66.1 Å². The van der Waals surface area contributed by atoms with Gasteiger partial charge in [-0.15, -0.1) is 0 Å². The predicted molar refractivity (Wildman–Crippen MR) is 128 cm³/mol. The summed E-state index contributed by atoms with van der Waals surface area (Å²) in [5, 5.41) is 21.2. The number of aliphatic hydroxyl groups excluding tert-OH is 1. The number of anilines is 1. The lowest BCUT2D eigenvalue weighted by Crippen LogP contribution is -2.16. The number of nitrogens with one attached hydrogen (secondary N) is 3. The summed E-state index contributed by atoms with van der Waals surface area (Å²) >= 11 is 0. The second-order valence-electron chi connectivity index (χ2n) is 7.90. The maximum Gasteiger partial charge on any atom is 0.159 e. The minimum atomic E-state index is -0.632. The summed E-state index contributed by atoms with van der Waals surface area (Å²) in [6.45, 7) is 1.90. The van der Waals surface area contributed by atoms with Gasteiger partial charge in [0.2, 0.25) is 0 Å². The number of imidazole rings is 1. The third-order valence-corrected chi connectivity index (χ3v) is 5.66. The van der Waals surface area contributed by atoms with Crippen LogP contribution in [-0.4, -0.2) is 46.5 Å². The maximum atomic E-state index is 9.90. The van der Waals surface area contributed by atoms with Crippen LogP contribution in [0.4, 0.5) is 5.69 Å². The first kappa shape index (κ1) is 20.1. The summed E-state index contributed by atoms with van der Waals surface area (Å²) < 4.78 is 5.23. The molecular formula is C24H20N8O2. The third kappa shape index (κ3) is 3.46. The van der Waals surface area contributed by atoms with E-state index in [2.05, 4.69) is 35.5 Å². The fourth-order valence-corrected chi connectivity index (χ4v) is 3.89. The molecule has 0 aliphatic heterocycles. The predicted octanol–water partition coefficient (Wildman–Crippen LogP) is 4.36. The van der Waals surface area contributed by atoms with Crippen LogP contribution in [0.3, 0.4) is 0 Å². The van der Waals surface area contributed by atoms with Gasteiger partial charge in [0.15, 0.2) is 11.5 Å². The van der Waals surface area contributed by atoms with E-state index in [4.69, 9.17) is 9.40 Å². The molecule has 4 N–H and O–H groups in total. The second kappa shape index (κ2) is 8.09. The molecule has 0 aromatic carbocycles. The zero-order valence-electron chi connectivity index (χ0n) is 18.1. The van der Waals surface area contributed by atoms with Gasteiger partial charge in [0, 0.05) is 40.8 Å². The van der Waals surface area contributed by atoms with E-state index in [1.165, 1.54) is 0 Å². The summed E-state index contributed by atoms with van der Waals surface area (Å²) in [7, 11) is 0. The van der Waals surface area contributed by atoms with Crippen LogP contribution in [-0.2, 0) is 0 Å². The van der Waals surface area contributed by atoms with E-state index in [1.807, 2.05) is 25.1 Å². The zero-order chi connectivity index (χ0) is 23.1. The summed E-state index contributed by atoms with van der Waals surface area (Å²) in [6, 6.07) is 5.81. The summed E-state index contributed by atoms with van der Waals surface area (Å²) in [5.41, 5.74) is 7.13. The number of fused-ring (bicyclic) bond motifs is 2. The highest BCUT2D eigenvalue weighted by Crippen LogP contribution is 2.32. The standard InChI is InChI=1S/C24H20N8O2/c1-2-20(33)28-16-5-14(7-25-9-16)15-6-17-22(31-32-23(17)27-8-15)24-29-19-11-26-10-18(21(19)30-24)13-3-4-34-12-13/h3-12,20,28,33H,2H2,1H3,(H,29,30)(H,27,31,32). The van der Waals surface area contributed by atoms with E-state index < -0.39 is 6.23 Å². The number of hydrogen-bond donors (Lipinski definition) is 4. The molecule has 0 saturated carbocycles. The number of aliphatic hydroxyl groups is 1. The molecule has 0 saturated heterocycles. The Labute approximate surface area is 193 Å². The molecule has 0 radical (unpaired) electrons. The Hall–Kier alpha value is -4.57. The lowest BCUT2D eigenvalue weighted by Gasteiger charge is -2.12. The highest BCUT2D eigenvalue weighted by atomic mass is 16.3. The molecule has 10 heteroatoms. The monoisotopic (exact) mass is 452 g/mol. The van der Waals surface area contributed by atoms with Gasteiger partial charge >= 0.3 is 0 Å². The van der Waals surface area contributed by atoms with Crippen LogP contribution >= 0.6 is 0 Å². The molecule has 0 spiro atoms. The van der Waals surface area contributed by atoms with E-state index in [0.29, 0.717) is 23.6 Å². The van der Waals surface area contributed by atoms with Crippen LogP contribution in [0.5, 0.6) is 0 Å². The molecule has 168 valence electrons. The first-order valence-electron chi connectivity index (χ1n) is 10.8. The van der Waals surface area contributed by atoms with E-state index >= 15 is 0 Å². The normalized spacial score (nSPS) is 12.4. The summed E-state index contributed by atoms with van der Waals surface area (Å²) in [4.78, 5) is 21.3. The molecule has 0 fully saturated rings. The smallest absolute Gasteiger partial charge is 0.159 e. The molecular weight excluding hydrogens is 432 g/mol. The van der Waals surface area contributed by atoms with Crippen molar-refractivity contribution < 1.29 is 9.52 Å². The topological polar surface area (TPSA) is 141 Å². The number of aromatic nitrogens is 7. The van der Waals surface area contributed by atoms with Gasteiger partial charge in [-0.25, -0.2) is 9.97 Å². The van der Waals surface area contributed by atoms with Gasteiger partial charge in [-0.3, -0.25) is 15.1 Å². The molecule has 0 aliphatic carbocycles. The third-order valence-electron chi connectivity index (χ3n) is 5.66. The Morgan fingerprint density at radius 1 is 1.06 bits per heavy atom. The van der Waals surface area contributed by atoms with Crippen molar-refractivity contribution in [1.82, 2.24) is 35.1 Å². The SMILES string of the molecule is CCC(O)Nc1cncc(-c2cnc3[nH]nc(-c4nc5c(-c6ccoc6)cncc5[nH]4)c3c2)c1. The quantitative estimate of drug-likeness (QED) is 0.273. The van der Waals surface area contributed by atoms with Crippen molar-refractivity contribution in [3.63, 3.8) is 0 Å². The molecule has 6 aromatic heterocycles. The molecule has 6 aromatic rings. The van der Waals surface area contributed by atoms with Crippen molar-refractivity contribution in [1.29, 1.82) is 0 Å². The lowest BCUT2D eigenvalue weighted by molar-refractivity contribution is 0.199. The number of H-pyrrole nitrogens is 2. The van der Waals surface area contributed by atoms with Crippen molar-refractivity contribution in [2.24, 2.45) is 0 Å². The number of aromatic amines is 2. The van der Waals surface area contributed by atoms with Gasteiger partial charge in [0.25, 0.3) is 0 Å². The Kier molecular flexibility index (Phi) is 4.77. The Morgan fingerprint density at radius 3 is 2.79 bits per heavy atom. The molecule has 0 bridgehead atoms. The maximum absolute atomic E-state index is 9.90. The van der Waals surface area contributed by atoms with Crippen LogP contribution in [0, 0.1) is 0 Å². The molecule has 10 nitrogen and oxygen atoms in total. The van der Waals surface area contributed by atoms with Gasteiger partial charge in [-0.2, -0.15) is 5.10 Å². The van der Waals surface area contributed by atoms with Crippen molar-refractivity contribution in [2.75, 3.05) is 5.32 Å². The number of hydrogen-bond acceptors (Lipinski definition) is 8. The van der Waals surface area contributed by atoms with Crippen LogP contribution in [0.2, 0.25) is 0 Å². The molecule has 1 unspecified atom stereocenters. The highest BCUT2D eigenvalue weighted by molar-refractivity contribution is 5.96. The van der Waals surface area contributed by atoms with E-state index in [-0.39, 0.29) is 0 Å². The lowest BCUT2D eigenvalue weighted by atomic mass is 10.1. The van der Waals surface area contributed by atoms with Gasteiger partial charge in [-0.1, -0.05) is 6.92 Å². The van der Waals surface area contributed by atoms with Crippen molar-refractivity contribution >= 4 is 27.8 Å². The van der Waals surface area contributed by atoms with Gasteiger partial charge in [0.1, 0.15) is 17.4 Å². The number of rotatable bonds is 6. The first-order chi connectivity index (χ1) is 16.7. The molecule has 0 aliphatic rings. The fourth-order valence-electron chi connectivity index (χ4n) is 3.89. The van der Waals surface area contributed by atoms with Gasteiger partial charge in [-0.05, 0) is 24.6 Å². The van der Waals surface area contributed by atoms with E-state index in [0.717, 1.165) is 44.4 Å². The number of furan rings is 1. The number of pyridine rings is 3. The Balaban J connectivity index is 1.43. The van der Waals surface area contributed by atoms with Gasteiger partial charge < -0.3 is 19.8 Å². The Bertz CT molecular complexity index is 1600. The second-order valence-corrected chi connectivity index (χ2v) is 7.90. The molecule has 0 amide bonds. The minimum Gasteiger partial charge on any atom is -0.472 e. The van der Waals surface area contributed by atoms with Crippen LogP contribution in [0.25, 0.3) is 55.8 Å². The van der Waals surface area contributed by atoms with Crippen molar-refractivity contribution in [3.05, 3.63) is 61.7 Å². The Morgan fingerprint density at radius 2 is 1.94 bits per heavy atom. The molecule has 6 heterocycles. The zero-order valence-corrected chi connectivity index (χ0v) is 18.1. The minimum absolute atomic E-state index is 0.589. The van der Waals surface area contributed by atoms with Crippen molar-refractivity contribution in [2.45, 2.75) is 19.6 Å². The molecule has 6 rings (SSSR count). The van der Waals surface area contributed by atoms with Crippen LogP contribution < -0.4 is 5.32 Å². The average molecular weight is 452 g/mol. The first-order valence-corrected chi connectivity index (χ1v) is 10.8. The highest BCUT2D eigenvalue weighted by Gasteiger charge is 2.17. The summed E-state index contributed by atoms with van der Waals surface area (Å²) in [6.07, 6.45) is 12.0. The molecule has 34 heavy (non-hydrogen) atoms. The number of nitrogens with zero attached hydrogens (tertiary/aromatic N) is 5. The van der Waals surface area contributed by atoms with E-state index in [1.54, 1.807) is 43.5 Å². The molecule has 1 atom stereocenters.